The van der Waals surface area contributed by atoms with Crippen LogP contribution >= 0.6 is 39.9 Å². The molecule has 0 bridgehead atoms. The van der Waals surface area contributed by atoms with Crippen molar-refractivity contribution in [3.8, 4) is 5.88 Å². The monoisotopic (exact) mass is 556 g/mol. The van der Waals surface area contributed by atoms with Crippen molar-refractivity contribution in [2.24, 2.45) is 10.9 Å². The summed E-state index contributed by atoms with van der Waals surface area (Å²) in [6.07, 6.45) is 1.73. The molecule has 0 radical (unpaired) electrons. The summed E-state index contributed by atoms with van der Waals surface area (Å²) in [6.45, 7) is 9.90. The third-order valence-electron chi connectivity index (χ3n) is 3.95. The lowest BCUT2D eigenvalue weighted by Gasteiger charge is -2.36. The van der Waals surface area contributed by atoms with Crippen LogP contribution in [0.5, 0.6) is 5.88 Å². The van der Waals surface area contributed by atoms with Gasteiger partial charge >= 0.3 is 0 Å². The summed E-state index contributed by atoms with van der Waals surface area (Å²) < 4.78 is 11.6. The standard InChI is InChI=1S/C17H29BrN6O2.HI/c1-13(2)12-26-10-5-20-16(19-3)23-6-8-24(9-7-23)17-21-11-14(18)15(22-17)25-4;/h11,13H,5-10,12H2,1-4H3,(H,19,20);1H. The summed E-state index contributed by atoms with van der Waals surface area (Å²) in [5, 5.41) is 3.37. The van der Waals surface area contributed by atoms with Crippen LogP contribution in [0.15, 0.2) is 15.7 Å². The van der Waals surface area contributed by atoms with Crippen molar-refractivity contribution in [1.29, 1.82) is 0 Å². The second-order valence-electron chi connectivity index (χ2n) is 6.44. The van der Waals surface area contributed by atoms with Crippen molar-refractivity contribution in [1.82, 2.24) is 20.2 Å². The van der Waals surface area contributed by atoms with Gasteiger partial charge in [-0.1, -0.05) is 13.8 Å². The highest BCUT2D eigenvalue weighted by Crippen LogP contribution is 2.23. The number of methoxy groups -OCH3 is 1. The maximum atomic E-state index is 5.61. The molecule has 2 rings (SSSR count). The maximum absolute atomic E-state index is 5.61. The number of halogens is 2. The Morgan fingerprint density at radius 3 is 2.63 bits per heavy atom. The number of aliphatic imine (C=N–C) groups is 1. The van der Waals surface area contributed by atoms with Crippen LogP contribution in [0.3, 0.4) is 0 Å². The molecule has 1 aromatic heterocycles. The van der Waals surface area contributed by atoms with E-state index in [1.807, 2.05) is 7.05 Å². The lowest BCUT2D eigenvalue weighted by atomic mass is 10.2. The summed E-state index contributed by atoms with van der Waals surface area (Å²) in [5.41, 5.74) is 0. The number of hydrogen-bond donors (Lipinski definition) is 1. The quantitative estimate of drug-likeness (QED) is 0.239. The van der Waals surface area contributed by atoms with Crippen molar-refractivity contribution in [2.75, 3.05) is 65.0 Å². The van der Waals surface area contributed by atoms with Gasteiger partial charge in [-0.15, -0.1) is 24.0 Å². The van der Waals surface area contributed by atoms with E-state index < -0.39 is 0 Å². The van der Waals surface area contributed by atoms with Crippen molar-refractivity contribution in [3.05, 3.63) is 10.7 Å². The van der Waals surface area contributed by atoms with Gasteiger partial charge in [0, 0.05) is 46.4 Å². The average molecular weight is 557 g/mol. The predicted octanol–water partition coefficient (Wildman–Crippen LogP) is 2.24. The molecule has 10 heteroatoms. The zero-order valence-corrected chi connectivity index (χ0v) is 20.4. The maximum Gasteiger partial charge on any atom is 0.232 e. The van der Waals surface area contributed by atoms with E-state index in [9.17, 15) is 0 Å². The molecule has 0 saturated carbocycles. The average Bonchev–Trinajstić information content (AvgIpc) is 2.65. The van der Waals surface area contributed by atoms with Gasteiger partial charge in [0.05, 0.1) is 24.4 Å². The molecule has 1 aliphatic heterocycles. The van der Waals surface area contributed by atoms with Crippen molar-refractivity contribution in [2.45, 2.75) is 13.8 Å². The minimum absolute atomic E-state index is 0. The molecule has 8 nitrogen and oxygen atoms in total. The number of ether oxygens (including phenoxy) is 2. The van der Waals surface area contributed by atoms with E-state index in [1.165, 1.54) is 0 Å². The first-order chi connectivity index (χ1) is 12.5. The minimum Gasteiger partial charge on any atom is -0.480 e. The molecule has 0 atom stereocenters. The van der Waals surface area contributed by atoms with E-state index in [0.29, 0.717) is 24.4 Å². The number of aromatic nitrogens is 2. The van der Waals surface area contributed by atoms with Crippen molar-refractivity contribution in [3.63, 3.8) is 0 Å². The van der Waals surface area contributed by atoms with Crippen molar-refractivity contribution >= 4 is 51.8 Å². The number of rotatable bonds is 7. The minimum atomic E-state index is 0. The van der Waals surface area contributed by atoms with Crippen LogP contribution in [0.2, 0.25) is 0 Å². The highest BCUT2D eigenvalue weighted by Gasteiger charge is 2.22. The molecule has 0 unspecified atom stereocenters. The first-order valence-electron chi connectivity index (χ1n) is 8.90. The molecule has 0 spiro atoms. The van der Waals surface area contributed by atoms with Crippen LogP contribution < -0.4 is 15.0 Å². The molecule has 154 valence electrons. The van der Waals surface area contributed by atoms with Gasteiger partial charge in [0.15, 0.2) is 5.96 Å². The Balaban J connectivity index is 0.00000364. The van der Waals surface area contributed by atoms with Crippen LogP contribution in [0, 0.1) is 5.92 Å². The van der Waals surface area contributed by atoms with Crippen molar-refractivity contribution < 1.29 is 9.47 Å². The lowest BCUT2D eigenvalue weighted by Crippen LogP contribution is -2.53. The van der Waals surface area contributed by atoms with E-state index >= 15 is 0 Å². The number of piperazine rings is 1. The van der Waals surface area contributed by atoms with Gasteiger partial charge in [-0.25, -0.2) is 4.98 Å². The smallest absolute Gasteiger partial charge is 0.232 e. The molecule has 1 aromatic rings. The fraction of sp³-hybridized carbons (Fsp3) is 0.706. The van der Waals surface area contributed by atoms with Crippen LogP contribution in [-0.2, 0) is 4.74 Å². The zero-order valence-electron chi connectivity index (χ0n) is 16.4. The first kappa shape index (κ1) is 24.2. The Hall–Kier alpha value is -0.880. The van der Waals surface area contributed by atoms with E-state index in [0.717, 1.165) is 49.8 Å². The van der Waals surface area contributed by atoms with E-state index in [1.54, 1.807) is 13.3 Å². The molecule has 0 aliphatic carbocycles. The molecule has 0 aromatic carbocycles. The SMILES string of the molecule is CN=C(NCCOCC(C)C)N1CCN(c2ncc(Br)c(OC)n2)CC1.I. The number of anilines is 1. The second kappa shape index (κ2) is 12.6. The van der Waals surface area contributed by atoms with Crippen LogP contribution in [-0.4, -0.2) is 80.9 Å². The van der Waals surface area contributed by atoms with Gasteiger partial charge in [0.2, 0.25) is 11.8 Å². The van der Waals surface area contributed by atoms with Crippen LogP contribution in [0.1, 0.15) is 13.8 Å². The largest absolute Gasteiger partial charge is 0.480 e. The summed E-state index contributed by atoms with van der Waals surface area (Å²) >= 11 is 3.38. The number of nitrogens with one attached hydrogen (secondary N) is 1. The number of nitrogens with zero attached hydrogens (tertiary/aromatic N) is 5. The van der Waals surface area contributed by atoms with Gasteiger partial charge in [0.1, 0.15) is 0 Å². The van der Waals surface area contributed by atoms with Gasteiger partial charge in [0.25, 0.3) is 0 Å². The van der Waals surface area contributed by atoms with Crippen LogP contribution in [0.25, 0.3) is 0 Å². The molecule has 1 N–H and O–H groups in total. The molecule has 1 aliphatic rings. The highest BCUT2D eigenvalue weighted by molar-refractivity contribution is 14.0. The Kier molecular flexibility index (Phi) is 11.2. The Labute approximate surface area is 187 Å². The van der Waals surface area contributed by atoms with Gasteiger partial charge in [-0.2, -0.15) is 4.98 Å². The summed E-state index contributed by atoms with van der Waals surface area (Å²) in [5.74, 6) is 2.71. The summed E-state index contributed by atoms with van der Waals surface area (Å²) in [6, 6.07) is 0. The normalized spacial score (nSPS) is 15.0. The third kappa shape index (κ3) is 7.57. The fourth-order valence-corrected chi connectivity index (χ4v) is 3.00. The number of guanidine groups is 1. The third-order valence-corrected chi connectivity index (χ3v) is 4.49. The van der Waals surface area contributed by atoms with E-state index in [2.05, 4.69) is 59.9 Å². The molecular formula is C17H30BrIN6O2. The Morgan fingerprint density at radius 2 is 2.04 bits per heavy atom. The van der Waals surface area contributed by atoms with E-state index in [4.69, 9.17) is 9.47 Å². The topological polar surface area (TPSA) is 75.1 Å². The molecule has 27 heavy (non-hydrogen) atoms. The van der Waals surface area contributed by atoms with Crippen LogP contribution in [0.4, 0.5) is 5.95 Å². The lowest BCUT2D eigenvalue weighted by molar-refractivity contribution is 0.114. The number of hydrogen-bond acceptors (Lipinski definition) is 6. The summed E-state index contributed by atoms with van der Waals surface area (Å²) in [7, 11) is 3.42. The highest BCUT2D eigenvalue weighted by atomic mass is 127. The summed E-state index contributed by atoms with van der Waals surface area (Å²) in [4.78, 5) is 17.6. The first-order valence-corrected chi connectivity index (χ1v) is 9.69. The molecular weight excluding hydrogens is 527 g/mol. The Morgan fingerprint density at radius 1 is 1.33 bits per heavy atom. The predicted molar refractivity (Wildman–Crippen MR) is 123 cm³/mol. The Bertz CT molecular complexity index is 597. The van der Waals surface area contributed by atoms with Gasteiger partial charge in [-0.3, -0.25) is 4.99 Å². The second-order valence-corrected chi connectivity index (χ2v) is 7.30. The van der Waals surface area contributed by atoms with E-state index in [-0.39, 0.29) is 24.0 Å². The molecule has 0 amide bonds. The molecule has 1 saturated heterocycles. The molecule has 1 fully saturated rings. The zero-order chi connectivity index (χ0) is 18.9. The fourth-order valence-electron chi connectivity index (χ4n) is 2.64. The molecule has 2 heterocycles. The van der Waals surface area contributed by atoms with Gasteiger partial charge in [-0.05, 0) is 21.8 Å². The van der Waals surface area contributed by atoms with Gasteiger partial charge < -0.3 is 24.6 Å².